The summed E-state index contributed by atoms with van der Waals surface area (Å²) in [6.07, 6.45) is -0.635. The number of amides is 1. The summed E-state index contributed by atoms with van der Waals surface area (Å²) >= 11 is 1.30. The number of nitrogens with zero attached hydrogens (tertiary/aromatic N) is 1. The SMILES string of the molecule is CC(O)c1csc(NC(=O)c2cccc3ccccc23)n1. The molecule has 1 unspecified atom stereocenters. The van der Waals surface area contributed by atoms with Gasteiger partial charge >= 0.3 is 0 Å². The molecule has 0 aliphatic heterocycles. The molecule has 3 aromatic rings. The molecule has 4 nitrogen and oxygen atoms in total. The number of carbonyl (C=O) groups is 1. The Morgan fingerprint density at radius 1 is 1.24 bits per heavy atom. The number of hydrogen-bond acceptors (Lipinski definition) is 4. The molecule has 0 bridgehead atoms. The molecular weight excluding hydrogens is 284 g/mol. The van der Waals surface area contributed by atoms with Crippen molar-refractivity contribution in [3.05, 3.63) is 59.1 Å². The minimum atomic E-state index is -0.635. The number of carbonyl (C=O) groups excluding carboxylic acids is 1. The third-order valence-electron chi connectivity index (χ3n) is 3.20. The lowest BCUT2D eigenvalue weighted by atomic mass is 10.0. The van der Waals surface area contributed by atoms with Crippen molar-refractivity contribution in [1.82, 2.24) is 4.98 Å². The fourth-order valence-electron chi connectivity index (χ4n) is 2.12. The van der Waals surface area contributed by atoms with Crippen LogP contribution >= 0.6 is 11.3 Å². The quantitative estimate of drug-likeness (QED) is 0.776. The van der Waals surface area contributed by atoms with Crippen LogP contribution in [0.15, 0.2) is 47.8 Å². The summed E-state index contributed by atoms with van der Waals surface area (Å²) in [6, 6.07) is 13.4. The van der Waals surface area contributed by atoms with E-state index in [1.807, 2.05) is 36.4 Å². The Kier molecular flexibility index (Phi) is 3.68. The summed E-state index contributed by atoms with van der Waals surface area (Å²) in [6.45, 7) is 1.64. The first-order chi connectivity index (χ1) is 10.1. The van der Waals surface area contributed by atoms with Gasteiger partial charge in [-0.15, -0.1) is 11.3 Å². The Balaban J connectivity index is 1.90. The van der Waals surface area contributed by atoms with Crippen LogP contribution in [0.5, 0.6) is 0 Å². The summed E-state index contributed by atoms with van der Waals surface area (Å²) in [5.74, 6) is -0.196. The predicted molar refractivity (Wildman–Crippen MR) is 84.6 cm³/mol. The van der Waals surface area contributed by atoms with Crippen molar-refractivity contribution in [1.29, 1.82) is 0 Å². The van der Waals surface area contributed by atoms with Crippen LogP contribution in [0.25, 0.3) is 10.8 Å². The molecule has 0 radical (unpaired) electrons. The summed E-state index contributed by atoms with van der Waals surface area (Å²) in [5.41, 5.74) is 1.18. The lowest BCUT2D eigenvalue weighted by Crippen LogP contribution is -2.12. The second kappa shape index (κ2) is 5.63. The van der Waals surface area contributed by atoms with Crippen LogP contribution in [0.4, 0.5) is 5.13 Å². The maximum absolute atomic E-state index is 12.4. The predicted octanol–water partition coefficient (Wildman–Crippen LogP) is 3.60. The highest BCUT2D eigenvalue weighted by atomic mass is 32.1. The minimum Gasteiger partial charge on any atom is -0.387 e. The van der Waals surface area contributed by atoms with Gasteiger partial charge in [0.05, 0.1) is 11.8 Å². The van der Waals surface area contributed by atoms with E-state index in [0.717, 1.165) is 10.8 Å². The normalized spacial score (nSPS) is 12.3. The summed E-state index contributed by atoms with van der Waals surface area (Å²) in [4.78, 5) is 16.6. The third kappa shape index (κ3) is 2.79. The molecule has 0 saturated heterocycles. The standard InChI is InChI=1S/C16H14N2O2S/c1-10(19)14-9-21-16(17-14)18-15(20)13-8-4-6-11-5-2-3-7-12(11)13/h2-10,19H,1H3,(H,17,18,20). The molecule has 0 fully saturated rings. The summed E-state index contributed by atoms with van der Waals surface area (Å²) < 4.78 is 0. The zero-order chi connectivity index (χ0) is 14.8. The molecule has 1 aromatic heterocycles. The second-order valence-electron chi connectivity index (χ2n) is 4.73. The summed E-state index contributed by atoms with van der Waals surface area (Å²) in [5, 5.41) is 16.4. The van der Waals surface area contributed by atoms with Gasteiger partial charge in [-0.1, -0.05) is 36.4 Å². The molecule has 0 aliphatic rings. The molecule has 0 spiro atoms. The number of fused-ring (bicyclic) bond motifs is 1. The number of anilines is 1. The highest BCUT2D eigenvalue weighted by Crippen LogP contribution is 2.23. The average molecular weight is 298 g/mol. The molecule has 1 amide bonds. The molecule has 2 aromatic carbocycles. The maximum Gasteiger partial charge on any atom is 0.258 e. The number of rotatable bonds is 3. The van der Waals surface area contributed by atoms with Crippen molar-refractivity contribution in [3.63, 3.8) is 0 Å². The van der Waals surface area contributed by atoms with E-state index < -0.39 is 6.10 Å². The molecule has 106 valence electrons. The van der Waals surface area contributed by atoms with Crippen LogP contribution in [0.1, 0.15) is 29.1 Å². The van der Waals surface area contributed by atoms with E-state index in [2.05, 4.69) is 10.3 Å². The van der Waals surface area contributed by atoms with Crippen LogP contribution in [0.2, 0.25) is 0 Å². The minimum absolute atomic E-state index is 0.196. The first-order valence-electron chi connectivity index (χ1n) is 6.58. The fraction of sp³-hybridized carbons (Fsp3) is 0.125. The van der Waals surface area contributed by atoms with Gasteiger partial charge in [-0.05, 0) is 23.8 Å². The first-order valence-corrected chi connectivity index (χ1v) is 7.46. The second-order valence-corrected chi connectivity index (χ2v) is 5.59. The van der Waals surface area contributed by atoms with Crippen LogP contribution < -0.4 is 5.32 Å². The number of aliphatic hydroxyl groups excluding tert-OH is 1. The lowest BCUT2D eigenvalue weighted by molar-refractivity contribution is 0.102. The average Bonchev–Trinajstić information content (AvgIpc) is 2.95. The first kappa shape index (κ1) is 13.7. The van der Waals surface area contributed by atoms with Gasteiger partial charge in [0.2, 0.25) is 0 Å². The number of benzene rings is 2. The van der Waals surface area contributed by atoms with Crippen LogP contribution in [0.3, 0.4) is 0 Å². The Morgan fingerprint density at radius 3 is 2.76 bits per heavy atom. The maximum atomic E-state index is 12.4. The van der Waals surface area contributed by atoms with E-state index in [4.69, 9.17) is 0 Å². The van der Waals surface area contributed by atoms with E-state index in [1.165, 1.54) is 11.3 Å². The van der Waals surface area contributed by atoms with Crippen LogP contribution in [0, 0.1) is 0 Å². The van der Waals surface area contributed by atoms with Crippen molar-refractivity contribution in [2.24, 2.45) is 0 Å². The van der Waals surface area contributed by atoms with Crippen molar-refractivity contribution in [2.45, 2.75) is 13.0 Å². The number of aliphatic hydroxyl groups is 1. The third-order valence-corrected chi connectivity index (χ3v) is 3.98. The highest BCUT2D eigenvalue weighted by molar-refractivity contribution is 7.14. The van der Waals surface area contributed by atoms with Gasteiger partial charge in [-0.3, -0.25) is 10.1 Å². The fourth-order valence-corrected chi connectivity index (χ4v) is 2.92. The Hall–Kier alpha value is -2.24. The van der Waals surface area contributed by atoms with Gasteiger partial charge in [0.25, 0.3) is 5.91 Å². The van der Waals surface area contributed by atoms with E-state index in [-0.39, 0.29) is 5.91 Å². The van der Waals surface area contributed by atoms with Crippen LogP contribution in [-0.4, -0.2) is 16.0 Å². The Morgan fingerprint density at radius 2 is 2.00 bits per heavy atom. The van der Waals surface area contributed by atoms with Gasteiger partial charge in [-0.2, -0.15) is 0 Å². The van der Waals surface area contributed by atoms with Gasteiger partial charge in [0, 0.05) is 10.9 Å². The molecule has 3 rings (SSSR count). The molecule has 0 aliphatic carbocycles. The molecule has 5 heteroatoms. The van der Waals surface area contributed by atoms with E-state index in [1.54, 1.807) is 18.4 Å². The highest BCUT2D eigenvalue weighted by Gasteiger charge is 2.13. The zero-order valence-corrected chi connectivity index (χ0v) is 12.2. The van der Waals surface area contributed by atoms with Crippen molar-refractivity contribution in [2.75, 3.05) is 5.32 Å². The molecule has 1 heterocycles. The van der Waals surface area contributed by atoms with E-state index in [9.17, 15) is 9.90 Å². The van der Waals surface area contributed by atoms with E-state index in [0.29, 0.717) is 16.4 Å². The number of hydrogen-bond donors (Lipinski definition) is 2. The van der Waals surface area contributed by atoms with Crippen LogP contribution in [-0.2, 0) is 0 Å². The molecular formula is C16H14N2O2S. The monoisotopic (exact) mass is 298 g/mol. The smallest absolute Gasteiger partial charge is 0.258 e. The van der Waals surface area contributed by atoms with Crippen molar-refractivity contribution < 1.29 is 9.90 Å². The van der Waals surface area contributed by atoms with E-state index >= 15 is 0 Å². The Labute approximate surface area is 126 Å². The number of aromatic nitrogens is 1. The molecule has 1 atom stereocenters. The van der Waals surface area contributed by atoms with Crippen molar-refractivity contribution >= 4 is 33.1 Å². The van der Waals surface area contributed by atoms with Gasteiger partial charge < -0.3 is 5.11 Å². The Bertz CT molecular complexity index is 790. The van der Waals surface area contributed by atoms with Gasteiger partial charge in [0.1, 0.15) is 0 Å². The molecule has 2 N–H and O–H groups in total. The largest absolute Gasteiger partial charge is 0.387 e. The lowest BCUT2D eigenvalue weighted by Gasteiger charge is -2.06. The molecule has 21 heavy (non-hydrogen) atoms. The van der Waals surface area contributed by atoms with Gasteiger partial charge in [0.15, 0.2) is 5.13 Å². The number of thiazole rings is 1. The zero-order valence-electron chi connectivity index (χ0n) is 11.4. The summed E-state index contributed by atoms with van der Waals surface area (Å²) in [7, 11) is 0. The number of nitrogens with one attached hydrogen (secondary N) is 1. The van der Waals surface area contributed by atoms with Crippen molar-refractivity contribution in [3.8, 4) is 0 Å². The van der Waals surface area contributed by atoms with Gasteiger partial charge in [-0.25, -0.2) is 4.98 Å². The topological polar surface area (TPSA) is 62.2 Å². The molecule has 0 saturated carbocycles.